The number of hydrogen-bond acceptors (Lipinski definition) is 6. The standard InChI is InChI=1S/C23H14N6O/c24-11-17-20(16-9-4-10-19-22(16)29-30-28-19)18-12-25-27-23(18)26-21(17)15-8-3-6-13-5-1-2-7-14(13)15/h1-10,12,17,20H,(H,25,27). The van der Waals surface area contributed by atoms with Crippen LogP contribution >= 0.6 is 0 Å². The van der Waals surface area contributed by atoms with Gasteiger partial charge in [0.15, 0.2) is 5.82 Å². The number of nitriles is 1. The van der Waals surface area contributed by atoms with Crippen LogP contribution in [0.3, 0.4) is 0 Å². The third-order valence-electron chi connectivity index (χ3n) is 5.70. The third kappa shape index (κ3) is 2.31. The summed E-state index contributed by atoms with van der Waals surface area (Å²) in [5, 5.41) is 27.7. The first kappa shape index (κ1) is 16.6. The van der Waals surface area contributed by atoms with Crippen molar-refractivity contribution in [1.82, 2.24) is 20.5 Å². The average Bonchev–Trinajstić information content (AvgIpc) is 3.46. The molecule has 0 fully saturated rings. The number of fused-ring (bicyclic) bond motifs is 3. The van der Waals surface area contributed by atoms with Crippen LogP contribution in [0.5, 0.6) is 0 Å². The van der Waals surface area contributed by atoms with E-state index in [4.69, 9.17) is 9.62 Å². The second kappa shape index (κ2) is 6.36. The molecule has 1 aliphatic heterocycles. The molecule has 30 heavy (non-hydrogen) atoms. The van der Waals surface area contributed by atoms with Crippen LogP contribution in [0, 0.1) is 17.2 Å². The maximum absolute atomic E-state index is 10.3. The van der Waals surface area contributed by atoms with Crippen molar-refractivity contribution in [1.29, 1.82) is 5.26 Å². The van der Waals surface area contributed by atoms with Gasteiger partial charge in [-0.25, -0.2) is 9.62 Å². The van der Waals surface area contributed by atoms with Gasteiger partial charge in [-0.2, -0.15) is 10.4 Å². The Morgan fingerprint density at radius 2 is 1.80 bits per heavy atom. The Balaban J connectivity index is 1.63. The molecule has 1 aliphatic rings. The molecule has 0 spiro atoms. The summed E-state index contributed by atoms with van der Waals surface area (Å²) < 4.78 is 4.97. The minimum atomic E-state index is -0.525. The molecule has 7 heteroatoms. The van der Waals surface area contributed by atoms with Gasteiger partial charge in [0.2, 0.25) is 0 Å². The van der Waals surface area contributed by atoms with Crippen LogP contribution in [-0.2, 0) is 0 Å². The summed E-state index contributed by atoms with van der Waals surface area (Å²) in [5.74, 6) is -0.170. The number of aromatic amines is 1. The van der Waals surface area contributed by atoms with Crippen molar-refractivity contribution in [2.45, 2.75) is 5.92 Å². The van der Waals surface area contributed by atoms with Gasteiger partial charge < -0.3 is 0 Å². The molecule has 0 saturated carbocycles. The maximum Gasteiger partial charge on any atom is 0.152 e. The number of nitrogens with one attached hydrogen (secondary N) is 1. The average molecular weight is 390 g/mol. The molecule has 0 radical (unpaired) electrons. The van der Waals surface area contributed by atoms with Crippen molar-refractivity contribution in [3.8, 4) is 6.07 Å². The predicted molar refractivity (Wildman–Crippen MR) is 111 cm³/mol. The summed E-state index contributed by atoms with van der Waals surface area (Å²) >= 11 is 0. The Morgan fingerprint density at radius 3 is 2.73 bits per heavy atom. The minimum absolute atomic E-state index is 0.300. The normalized spacial score (nSPS) is 18.2. The lowest BCUT2D eigenvalue weighted by molar-refractivity contribution is 0.315. The van der Waals surface area contributed by atoms with Crippen LogP contribution in [0.15, 0.2) is 76.5 Å². The van der Waals surface area contributed by atoms with Gasteiger partial charge in [0, 0.05) is 17.0 Å². The van der Waals surface area contributed by atoms with Gasteiger partial charge in [0.05, 0.1) is 18.0 Å². The van der Waals surface area contributed by atoms with Crippen LogP contribution in [0.4, 0.5) is 5.82 Å². The Kier molecular flexibility index (Phi) is 3.52. The van der Waals surface area contributed by atoms with E-state index in [9.17, 15) is 5.26 Å². The molecule has 0 saturated heterocycles. The fourth-order valence-corrected chi connectivity index (χ4v) is 4.37. The second-order valence-electron chi connectivity index (χ2n) is 7.26. The molecule has 2 atom stereocenters. The number of benzene rings is 3. The molecule has 2 aromatic heterocycles. The van der Waals surface area contributed by atoms with Gasteiger partial charge in [0.25, 0.3) is 0 Å². The van der Waals surface area contributed by atoms with Crippen LogP contribution < -0.4 is 0 Å². The molecule has 2 unspecified atom stereocenters. The summed E-state index contributed by atoms with van der Waals surface area (Å²) in [4.78, 5) is 4.84. The molecule has 3 aromatic carbocycles. The number of hydrogen-bond donors (Lipinski definition) is 1. The first-order valence-corrected chi connectivity index (χ1v) is 9.56. The Labute approximate surface area is 170 Å². The lowest BCUT2D eigenvalue weighted by Crippen LogP contribution is -2.26. The zero-order chi connectivity index (χ0) is 20.1. The van der Waals surface area contributed by atoms with Crippen LogP contribution in [0.25, 0.3) is 21.8 Å². The molecular weight excluding hydrogens is 376 g/mol. The summed E-state index contributed by atoms with van der Waals surface area (Å²) in [6.07, 6.45) is 1.74. The van der Waals surface area contributed by atoms with Gasteiger partial charge in [-0.1, -0.05) is 54.6 Å². The van der Waals surface area contributed by atoms with E-state index in [1.54, 1.807) is 6.20 Å². The molecule has 6 rings (SSSR count). The van der Waals surface area contributed by atoms with E-state index in [0.29, 0.717) is 22.6 Å². The number of aliphatic imine (C=N–C) groups is 1. The quantitative estimate of drug-likeness (QED) is 0.478. The zero-order valence-corrected chi connectivity index (χ0v) is 15.6. The van der Waals surface area contributed by atoms with E-state index in [-0.39, 0.29) is 5.92 Å². The van der Waals surface area contributed by atoms with Crippen molar-refractivity contribution in [3.63, 3.8) is 0 Å². The van der Waals surface area contributed by atoms with Gasteiger partial charge in [-0.15, -0.1) is 0 Å². The molecule has 3 heterocycles. The maximum atomic E-state index is 10.3. The molecular formula is C23H14N6O. The Hall–Kier alpha value is -4.31. The van der Waals surface area contributed by atoms with Crippen molar-refractivity contribution in [2.24, 2.45) is 10.9 Å². The Bertz CT molecular complexity index is 1480. The van der Waals surface area contributed by atoms with E-state index in [2.05, 4.69) is 44.8 Å². The predicted octanol–water partition coefficient (Wildman–Crippen LogP) is 4.51. The van der Waals surface area contributed by atoms with Crippen LogP contribution in [0.2, 0.25) is 0 Å². The summed E-state index contributed by atoms with van der Waals surface area (Å²) in [7, 11) is 0. The van der Waals surface area contributed by atoms with Crippen molar-refractivity contribution < 1.29 is 4.63 Å². The molecule has 0 bridgehead atoms. The number of H-pyrrole nitrogens is 1. The highest BCUT2D eigenvalue weighted by Crippen LogP contribution is 2.44. The highest BCUT2D eigenvalue weighted by atomic mass is 16.6. The van der Waals surface area contributed by atoms with Crippen molar-refractivity contribution in [3.05, 3.63) is 83.6 Å². The molecule has 0 aliphatic carbocycles. The molecule has 0 amide bonds. The summed E-state index contributed by atoms with van der Waals surface area (Å²) in [6, 6.07) is 22.4. The van der Waals surface area contributed by atoms with Crippen molar-refractivity contribution in [2.75, 3.05) is 0 Å². The van der Waals surface area contributed by atoms with Crippen LogP contribution in [0.1, 0.15) is 22.6 Å². The van der Waals surface area contributed by atoms with E-state index < -0.39 is 5.92 Å². The molecule has 142 valence electrons. The van der Waals surface area contributed by atoms with E-state index in [1.165, 1.54) is 0 Å². The first-order chi connectivity index (χ1) is 14.8. The highest BCUT2D eigenvalue weighted by molar-refractivity contribution is 6.15. The minimum Gasteiger partial charge on any atom is -0.261 e. The first-order valence-electron chi connectivity index (χ1n) is 9.56. The zero-order valence-electron chi connectivity index (χ0n) is 15.6. The third-order valence-corrected chi connectivity index (χ3v) is 5.70. The Morgan fingerprint density at radius 1 is 0.933 bits per heavy atom. The van der Waals surface area contributed by atoms with E-state index in [1.807, 2.05) is 42.5 Å². The fraction of sp³-hybridized carbons (Fsp3) is 0.0870. The van der Waals surface area contributed by atoms with Gasteiger partial charge in [-0.05, 0) is 32.7 Å². The lowest BCUT2D eigenvalue weighted by atomic mass is 9.75. The monoisotopic (exact) mass is 390 g/mol. The lowest BCUT2D eigenvalue weighted by Gasteiger charge is -2.28. The summed E-state index contributed by atoms with van der Waals surface area (Å²) in [5.41, 5.74) is 4.69. The van der Waals surface area contributed by atoms with Gasteiger partial charge in [-0.3, -0.25) is 5.10 Å². The molecule has 1 N–H and O–H groups in total. The van der Waals surface area contributed by atoms with E-state index >= 15 is 0 Å². The molecule has 7 nitrogen and oxygen atoms in total. The number of rotatable bonds is 2. The number of aromatic nitrogens is 4. The number of nitrogens with zero attached hydrogens (tertiary/aromatic N) is 5. The fourth-order valence-electron chi connectivity index (χ4n) is 4.37. The second-order valence-corrected chi connectivity index (χ2v) is 7.26. The summed E-state index contributed by atoms with van der Waals surface area (Å²) in [6.45, 7) is 0. The largest absolute Gasteiger partial charge is 0.261 e. The van der Waals surface area contributed by atoms with Crippen LogP contribution in [-0.4, -0.2) is 26.2 Å². The highest BCUT2D eigenvalue weighted by Gasteiger charge is 2.38. The topological polar surface area (TPSA) is 104 Å². The SMILES string of the molecule is N#CC1C(c2cccc3ccccc23)=Nc2[nH]ncc2C1c1cccc2nonc12. The van der Waals surface area contributed by atoms with E-state index in [0.717, 1.165) is 27.5 Å². The van der Waals surface area contributed by atoms with Gasteiger partial charge in [0.1, 0.15) is 17.0 Å². The van der Waals surface area contributed by atoms with Gasteiger partial charge >= 0.3 is 0 Å². The molecule has 5 aromatic rings. The van der Waals surface area contributed by atoms with Crippen molar-refractivity contribution >= 4 is 33.3 Å². The smallest absolute Gasteiger partial charge is 0.152 e.